The van der Waals surface area contributed by atoms with E-state index in [-0.39, 0.29) is 30.3 Å². The lowest BCUT2D eigenvalue weighted by atomic mass is 9.99. The minimum atomic E-state index is -2.90. The molecule has 0 radical (unpaired) electrons. The van der Waals surface area contributed by atoms with Gasteiger partial charge in [0.15, 0.2) is 0 Å². The summed E-state index contributed by atoms with van der Waals surface area (Å²) < 4.78 is 30.0. The summed E-state index contributed by atoms with van der Waals surface area (Å²) in [5, 5.41) is 2.75. The summed E-state index contributed by atoms with van der Waals surface area (Å²) in [6.07, 6.45) is 0.683. The fourth-order valence-electron chi connectivity index (χ4n) is 2.39. The molecule has 2 unspecified atom stereocenters. The van der Waals surface area contributed by atoms with Crippen LogP contribution in [-0.2, 0) is 11.3 Å². The summed E-state index contributed by atoms with van der Waals surface area (Å²) in [4.78, 5) is 12.2. The summed E-state index contributed by atoms with van der Waals surface area (Å²) in [5.41, 5.74) is 6.53. The van der Waals surface area contributed by atoms with Gasteiger partial charge >= 0.3 is 6.61 Å². The molecule has 3 N–H and O–H groups in total. The van der Waals surface area contributed by atoms with Crippen molar-refractivity contribution in [3.63, 3.8) is 0 Å². The zero-order valence-corrected chi connectivity index (χ0v) is 14.5. The van der Waals surface area contributed by atoms with Gasteiger partial charge < -0.3 is 10.1 Å². The number of carbonyl (C=O) groups is 1. The van der Waals surface area contributed by atoms with E-state index in [0.717, 1.165) is 4.47 Å². The largest absolute Gasteiger partial charge is 0.434 e. The summed E-state index contributed by atoms with van der Waals surface area (Å²) in [6.45, 7) is 1.37. The van der Waals surface area contributed by atoms with E-state index in [0.29, 0.717) is 17.9 Å². The monoisotopic (exact) mass is 391 g/mol. The van der Waals surface area contributed by atoms with Crippen LogP contribution in [0.2, 0.25) is 0 Å². The third-order valence-corrected chi connectivity index (χ3v) is 4.24. The molecule has 0 aliphatic carbocycles. The lowest BCUT2D eigenvalue weighted by Crippen LogP contribution is -2.43. The van der Waals surface area contributed by atoms with E-state index >= 15 is 0 Å². The van der Waals surface area contributed by atoms with Crippen molar-refractivity contribution in [2.75, 3.05) is 0 Å². The van der Waals surface area contributed by atoms with Gasteiger partial charge in [-0.3, -0.25) is 10.2 Å². The summed E-state index contributed by atoms with van der Waals surface area (Å²) in [5.74, 6) is 0.293. The molecule has 1 aromatic carbocycles. The zero-order chi connectivity index (χ0) is 17.0. The molecule has 2 rings (SSSR count). The van der Waals surface area contributed by atoms with Crippen LogP contribution in [0, 0.1) is 5.92 Å². The molecule has 1 aromatic rings. The first-order valence-electron chi connectivity index (χ1n) is 7.39. The van der Waals surface area contributed by atoms with E-state index in [4.69, 9.17) is 0 Å². The molecule has 1 aliphatic heterocycles. The van der Waals surface area contributed by atoms with E-state index in [2.05, 4.69) is 50.7 Å². The first kappa shape index (κ1) is 18.1. The Morgan fingerprint density at radius 2 is 2.17 bits per heavy atom. The van der Waals surface area contributed by atoms with Gasteiger partial charge in [0.2, 0.25) is 5.91 Å². The van der Waals surface area contributed by atoms with Crippen molar-refractivity contribution in [2.45, 2.75) is 45.5 Å². The number of amides is 1. The van der Waals surface area contributed by atoms with Gasteiger partial charge in [0.1, 0.15) is 11.8 Å². The van der Waals surface area contributed by atoms with Crippen LogP contribution in [0.25, 0.3) is 0 Å². The Kier molecular flexibility index (Phi) is 6.32. The van der Waals surface area contributed by atoms with E-state index in [1.165, 1.54) is 6.07 Å². The average molecular weight is 392 g/mol. The number of rotatable bonds is 6. The van der Waals surface area contributed by atoms with Crippen molar-refractivity contribution < 1.29 is 18.3 Å². The minimum absolute atomic E-state index is 0.0565. The maximum absolute atomic E-state index is 12.4. The van der Waals surface area contributed by atoms with Gasteiger partial charge in [0.05, 0.1) is 0 Å². The highest BCUT2D eigenvalue weighted by molar-refractivity contribution is 9.10. The second-order valence-electron chi connectivity index (χ2n) is 5.78. The predicted octanol–water partition coefficient (Wildman–Crippen LogP) is 2.56. The Morgan fingerprint density at radius 3 is 2.78 bits per heavy atom. The van der Waals surface area contributed by atoms with Crippen LogP contribution in [0.3, 0.4) is 0 Å². The molecule has 1 saturated heterocycles. The molecular weight excluding hydrogens is 372 g/mol. The van der Waals surface area contributed by atoms with E-state index in [1.54, 1.807) is 12.1 Å². The molecular formula is C15H20BrF2N3O2. The fourth-order valence-corrected chi connectivity index (χ4v) is 2.80. The van der Waals surface area contributed by atoms with Crippen LogP contribution in [0.1, 0.15) is 25.8 Å². The van der Waals surface area contributed by atoms with Crippen molar-refractivity contribution in [3.05, 3.63) is 28.2 Å². The van der Waals surface area contributed by atoms with Gasteiger partial charge in [0, 0.05) is 22.6 Å². The van der Waals surface area contributed by atoms with Gasteiger partial charge in [-0.25, -0.2) is 5.43 Å². The first-order chi connectivity index (χ1) is 10.9. The van der Waals surface area contributed by atoms with Gasteiger partial charge in [-0.15, -0.1) is 0 Å². The molecule has 2 atom stereocenters. The van der Waals surface area contributed by atoms with E-state index in [1.807, 2.05) is 0 Å². The standard InChI is InChI=1S/C15H20BrF2N3O2/c1-8(2)11-6-12(21-20-11)14(22)19-7-9-5-10(16)3-4-13(9)23-15(17)18/h3-5,8,11-12,15,20-21H,6-7H2,1-2H3,(H,19,22). The number of halogens is 3. The zero-order valence-electron chi connectivity index (χ0n) is 12.9. The molecule has 1 fully saturated rings. The number of hydrogen-bond acceptors (Lipinski definition) is 4. The third-order valence-electron chi connectivity index (χ3n) is 3.75. The Balaban J connectivity index is 1.95. The van der Waals surface area contributed by atoms with Crippen LogP contribution < -0.4 is 20.9 Å². The highest BCUT2D eigenvalue weighted by atomic mass is 79.9. The third kappa shape index (κ3) is 5.12. The number of carbonyl (C=O) groups excluding carboxylic acids is 1. The maximum atomic E-state index is 12.4. The number of benzene rings is 1. The van der Waals surface area contributed by atoms with Gasteiger partial charge in [-0.2, -0.15) is 8.78 Å². The van der Waals surface area contributed by atoms with E-state index in [9.17, 15) is 13.6 Å². The van der Waals surface area contributed by atoms with Crippen molar-refractivity contribution >= 4 is 21.8 Å². The Bertz CT molecular complexity index is 558. The van der Waals surface area contributed by atoms with E-state index < -0.39 is 6.61 Å². The topological polar surface area (TPSA) is 62.4 Å². The van der Waals surface area contributed by atoms with Gasteiger partial charge in [-0.1, -0.05) is 29.8 Å². The Morgan fingerprint density at radius 1 is 1.43 bits per heavy atom. The van der Waals surface area contributed by atoms with Crippen LogP contribution in [0.4, 0.5) is 8.78 Å². The second-order valence-corrected chi connectivity index (χ2v) is 6.69. The smallest absolute Gasteiger partial charge is 0.387 e. The van der Waals surface area contributed by atoms with Crippen LogP contribution in [-0.4, -0.2) is 24.6 Å². The SMILES string of the molecule is CC(C)C1CC(C(=O)NCc2cc(Br)ccc2OC(F)F)NN1. The average Bonchev–Trinajstić information content (AvgIpc) is 2.97. The number of ether oxygens (including phenoxy) is 1. The van der Waals surface area contributed by atoms with Crippen LogP contribution in [0.5, 0.6) is 5.75 Å². The Labute approximate surface area is 142 Å². The first-order valence-corrected chi connectivity index (χ1v) is 8.18. The van der Waals surface area contributed by atoms with Gasteiger partial charge in [-0.05, 0) is 30.5 Å². The van der Waals surface area contributed by atoms with Crippen LogP contribution >= 0.6 is 15.9 Å². The minimum Gasteiger partial charge on any atom is -0.434 e. The van der Waals surface area contributed by atoms with Crippen molar-refractivity contribution in [3.8, 4) is 5.75 Å². The fraction of sp³-hybridized carbons (Fsp3) is 0.533. The highest BCUT2D eigenvalue weighted by Gasteiger charge is 2.30. The van der Waals surface area contributed by atoms with Crippen molar-refractivity contribution in [1.82, 2.24) is 16.2 Å². The highest BCUT2D eigenvalue weighted by Crippen LogP contribution is 2.25. The molecule has 1 amide bonds. The Hall–Kier alpha value is -1.25. The molecule has 128 valence electrons. The summed E-state index contributed by atoms with van der Waals surface area (Å²) in [6, 6.07) is 4.60. The molecule has 0 bridgehead atoms. The summed E-state index contributed by atoms with van der Waals surface area (Å²) >= 11 is 3.28. The molecule has 23 heavy (non-hydrogen) atoms. The number of hydrazine groups is 1. The van der Waals surface area contributed by atoms with Gasteiger partial charge in [0.25, 0.3) is 0 Å². The summed E-state index contributed by atoms with van der Waals surface area (Å²) in [7, 11) is 0. The molecule has 1 heterocycles. The van der Waals surface area contributed by atoms with Crippen molar-refractivity contribution in [2.24, 2.45) is 5.92 Å². The molecule has 0 aromatic heterocycles. The number of hydrogen-bond donors (Lipinski definition) is 3. The molecule has 8 heteroatoms. The maximum Gasteiger partial charge on any atom is 0.387 e. The predicted molar refractivity (Wildman–Crippen MR) is 85.9 cm³/mol. The molecule has 0 spiro atoms. The van der Waals surface area contributed by atoms with Crippen LogP contribution in [0.15, 0.2) is 22.7 Å². The molecule has 1 aliphatic rings. The second kappa shape index (κ2) is 8.03. The number of alkyl halides is 2. The molecule has 5 nitrogen and oxygen atoms in total. The lowest BCUT2D eigenvalue weighted by molar-refractivity contribution is -0.123. The molecule has 0 saturated carbocycles. The van der Waals surface area contributed by atoms with Crippen molar-refractivity contribution in [1.29, 1.82) is 0 Å². The quantitative estimate of drug-likeness (QED) is 0.697. The number of nitrogens with one attached hydrogen (secondary N) is 3. The normalized spacial score (nSPS) is 21.0. The lowest BCUT2D eigenvalue weighted by Gasteiger charge is -2.14.